The zero-order chi connectivity index (χ0) is 26.1. The van der Waals surface area contributed by atoms with Crippen LogP contribution in [0.3, 0.4) is 0 Å². The van der Waals surface area contributed by atoms with E-state index in [-0.39, 0.29) is 5.69 Å². The summed E-state index contributed by atoms with van der Waals surface area (Å²) in [5, 5.41) is 21.1. The molecule has 0 spiro atoms. The van der Waals surface area contributed by atoms with Crippen LogP contribution in [-0.2, 0) is 20.2 Å². The van der Waals surface area contributed by atoms with Crippen molar-refractivity contribution in [2.75, 3.05) is 0 Å². The first-order chi connectivity index (χ1) is 16.3. The van der Waals surface area contributed by atoms with Gasteiger partial charge >= 0.3 is 20.2 Å². The van der Waals surface area contributed by atoms with Gasteiger partial charge in [0.15, 0.2) is 15.5 Å². The van der Waals surface area contributed by atoms with Crippen LogP contribution in [0.25, 0.3) is 0 Å². The Labute approximate surface area is 207 Å². The summed E-state index contributed by atoms with van der Waals surface area (Å²) in [4.78, 5) is 22.6. The summed E-state index contributed by atoms with van der Waals surface area (Å²) in [5.74, 6) is -1.73. The van der Waals surface area contributed by atoms with Crippen molar-refractivity contribution < 1.29 is 35.0 Å². The second kappa shape index (κ2) is 9.61. The van der Waals surface area contributed by atoms with E-state index in [9.17, 15) is 37.1 Å². The van der Waals surface area contributed by atoms with Crippen molar-refractivity contribution >= 4 is 54.8 Å². The maximum Gasteiger partial charge on any atom is 0.347 e. The minimum absolute atomic E-state index is 0.198. The predicted molar refractivity (Wildman–Crippen MR) is 121 cm³/mol. The molecule has 17 heteroatoms. The Bertz CT molecular complexity index is 1580. The summed E-state index contributed by atoms with van der Waals surface area (Å²) in [6, 6.07) is 8.52. The first-order valence-corrected chi connectivity index (χ1v) is 12.5. The van der Waals surface area contributed by atoms with Gasteiger partial charge < -0.3 is 8.37 Å². The van der Waals surface area contributed by atoms with Gasteiger partial charge in [-0.3, -0.25) is 20.2 Å². The quantitative estimate of drug-likeness (QED) is 0.218. The van der Waals surface area contributed by atoms with Crippen molar-refractivity contribution in [2.45, 2.75) is 16.7 Å². The van der Waals surface area contributed by atoms with Crippen molar-refractivity contribution in [1.82, 2.24) is 4.98 Å². The Hall–Kier alpha value is -3.53. The zero-order valence-electron chi connectivity index (χ0n) is 17.1. The number of para-hydroxylation sites is 2. The summed E-state index contributed by atoms with van der Waals surface area (Å²) < 4.78 is 60.8. The lowest BCUT2D eigenvalue weighted by Gasteiger charge is -2.14. The first-order valence-electron chi connectivity index (χ1n) is 8.97. The third kappa shape index (κ3) is 5.27. The minimum Gasteiger partial charge on any atom is -0.375 e. The maximum absolute atomic E-state index is 12.8. The number of aromatic nitrogens is 1. The van der Waals surface area contributed by atoms with E-state index in [4.69, 9.17) is 31.6 Å². The highest BCUT2D eigenvalue weighted by molar-refractivity contribution is 7.87. The van der Waals surface area contributed by atoms with Crippen LogP contribution in [0.4, 0.5) is 11.4 Å². The molecule has 184 valence electrons. The molecule has 0 bridgehead atoms. The molecule has 0 fully saturated rings. The number of hydrogen-bond acceptors (Lipinski definition) is 11. The third-order valence-electron chi connectivity index (χ3n) is 4.22. The zero-order valence-corrected chi connectivity index (χ0v) is 20.3. The standard InChI is InChI=1S/C18H11Cl2N3O10S2/c1-10-15(19)17(32-34(28,29)13-8-4-2-6-11(13)22(24)25)16(20)18(21-10)33-35(30,31)14-9-5-3-7-12(14)23(26)27/h2-9H,1H3. The SMILES string of the molecule is Cc1nc(OS(=O)(=O)c2ccccc2[N+](=O)[O-])c(Cl)c(OS(=O)(=O)c2ccccc2[N+](=O)[O-])c1Cl. The Kier molecular flexibility index (Phi) is 7.16. The first kappa shape index (κ1) is 26.1. The molecular formula is C18H11Cl2N3O10S2. The summed E-state index contributed by atoms with van der Waals surface area (Å²) in [5.41, 5.74) is -1.80. The fraction of sp³-hybridized carbons (Fsp3) is 0.0556. The highest BCUT2D eigenvalue weighted by Gasteiger charge is 2.33. The van der Waals surface area contributed by atoms with E-state index in [0.717, 1.165) is 24.3 Å². The van der Waals surface area contributed by atoms with Crippen LogP contribution < -0.4 is 8.37 Å². The largest absolute Gasteiger partial charge is 0.375 e. The van der Waals surface area contributed by atoms with Crippen molar-refractivity contribution in [3.05, 3.63) is 84.5 Å². The molecule has 0 unspecified atom stereocenters. The lowest BCUT2D eigenvalue weighted by Crippen LogP contribution is -2.15. The van der Waals surface area contributed by atoms with E-state index in [2.05, 4.69) is 4.98 Å². The number of halogens is 2. The number of nitrogens with zero attached hydrogens (tertiary/aromatic N) is 3. The molecule has 3 aromatic rings. The van der Waals surface area contributed by atoms with Gasteiger partial charge in [-0.05, 0) is 19.1 Å². The van der Waals surface area contributed by atoms with Crippen LogP contribution in [0.15, 0.2) is 58.3 Å². The normalized spacial score (nSPS) is 11.6. The van der Waals surface area contributed by atoms with E-state index in [1.54, 1.807) is 0 Å². The van der Waals surface area contributed by atoms with Crippen molar-refractivity contribution in [3.8, 4) is 11.6 Å². The molecular weight excluding hydrogens is 553 g/mol. The molecule has 2 aromatic carbocycles. The second-order valence-electron chi connectivity index (χ2n) is 6.48. The second-order valence-corrected chi connectivity index (χ2v) is 10.3. The van der Waals surface area contributed by atoms with Gasteiger partial charge in [0, 0.05) is 12.1 Å². The predicted octanol–water partition coefficient (Wildman–Crippen LogP) is 4.05. The maximum atomic E-state index is 12.8. The molecule has 0 amide bonds. The summed E-state index contributed by atoms with van der Waals surface area (Å²) in [6.45, 7) is 1.23. The summed E-state index contributed by atoms with van der Waals surface area (Å²) in [6.07, 6.45) is 0. The van der Waals surface area contributed by atoms with Crippen molar-refractivity contribution in [1.29, 1.82) is 0 Å². The van der Waals surface area contributed by atoms with E-state index in [0.29, 0.717) is 0 Å². The number of hydrogen-bond donors (Lipinski definition) is 0. The van der Waals surface area contributed by atoms with E-state index >= 15 is 0 Å². The van der Waals surface area contributed by atoms with Gasteiger partial charge in [0.2, 0.25) is 0 Å². The molecule has 0 aliphatic carbocycles. The Morgan fingerprint density at radius 3 is 1.66 bits per heavy atom. The van der Waals surface area contributed by atoms with Gasteiger partial charge in [-0.1, -0.05) is 47.5 Å². The van der Waals surface area contributed by atoms with E-state index < -0.39 is 72.9 Å². The smallest absolute Gasteiger partial charge is 0.347 e. The van der Waals surface area contributed by atoms with Gasteiger partial charge in [0.25, 0.3) is 17.3 Å². The number of pyridine rings is 1. The summed E-state index contributed by atoms with van der Waals surface area (Å²) >= 11 is 12.1. The topological polar surface area (TPSA) is 186 Å². The highest BCUT2D eigenvalue weighted by atomic mass is 35.5. The van der Waals surface area contributed by atoms with Crippen LogP contribution in [0, 0.1) is 27.2 Å². The Balaban J connectivity index is 2.10. The number of nitro benzene ring substituents is 2. The molecule has 0 atom stereocenters. The highest BCUT2D eigenvalue weighted by Crippen LogP contribution is 2.43. The third-order valence-corrected chi connectivity index (χ3v) is 7.53. The van der Waals surface area contributed by atoms with Crippen LogP contribution >= 0.6 is 23.2 Å². The lowest BCUT2D eigenvalue weighted by atomic mass is 10.3. The van der Waals surface area contributed by atoms with Gasteiger partial charge in [-0.15, -0.1) is 0 Å². The molecule has 0 N–H and O–H groups in total. The van der Waals surface area contributed by atoms with Gasteiger partial charge in [-0.25, -0.2) is 4.98 Å². The molecule has 13 nitrogen and oxygen atoms in total. The molecule has 3 rings (SSSR count). The molecule has 0 saturated carbocycles. The number of nitro groups is 2. The molecule has 1 heterocycles. The average molecular weight is 564 g/mol. The fourth-order valence-electron chi connectivity index (χ4n) is 2.68. The Morgan fingerprint density at radius 2 is 1.20 bits per heavy atom. The monoisotopic (exact) mass is 563 g/mol. The Morgan fingerprint density at radius 1 is 0.771 bits per heavy atom. The van der Waals surface area contributed by atoms with Crippen molar-refractivity contribution in [3.63, 3.8) is 0 Å². The molecule has 0 saturated heterocycles. The average Bonchev–Trinajstić information content (AvgIpc) is 2.80. The van der Waals surface area contributed by atoms with Gasteiger partial charge in [-0.2, -0.15) is 16.8 Å². The van der Waals surface area contributed by atoms with E-state index in [1.807, 2.05) is 0 Å². The van der Waals surface area contributed by atoms with Crippen molar-refractivity contribution in [2.24, 2.45) is 0 Å². The van der Waals surface area contributed by atoms with Gasteiger partial charge in [0.1, 0.15) is 10.0 Å². The van der Waals surface area contributed by atoms with Crippen LogP contribution in [0.1, 0.15) is 5.69 Å². The lowest BCUT2D eigenvalue weighted by molar-refractivity contribution is -0.388. The summed E-state index contributed by atoms with van der Waals surface area (Å²) in [7, 11) is -9.81. The van der Waals surface area contributed by atoms with Crippen LogP contribution in [-0.4, -0.2) is 31.7 Å². The fourth-order valence-corrected chi connectivity index (χ4v) is 5.44. The number of benzene rings is 2. The number of rotatable bonds is 8. The van der Waals surface area contributed by atoms with Crippen LogP contribution in [0.5, 0.6) is 11.6 Å². The number of aryl methyl sites for hydroxylation is 1. The molecule has 0 radical (unpaired) electrons. The van der Waals surface area contributed by atoms with Crippen LogP contribution in [0.2, 0.25) is 10.0 Å². The minimum atomic E-state index is -4.91. The molecule has 0 aliphatic rings. The van der Waals surface area contributed by atoms with Gasteiger partial charge in [0.05, 0.1) is 15.5 Å². The molecule has 1 aromatic heterocycles. The van der Waals surface area contributed by atoms with E-state index in [1.165, 1.54) is 31.2 Å². The molecule has 0 aliphatic heterocycles. The molecule has 35 heavy (non-hydrogen) atoms.